The largest absolute Gasteiger partial charge is 0.503 e. The fourth-order valence-electron chi connectivity index (χ4n) is 4.48. The number of aromatic nitrogens is 1. The van der Waals surface area contributed by atoms with Crippen LogP contribution >= 0.6 is 0 Å². The van der Waals surface area contributed by atoms with E-state index in [1.807, 2.05) is 0 Å². The van der Waals surface area contributed by atoms with Crippen molar-refractivity contribution in [3.63, 3.8) is 0 Å². The minimum atomic E-state index is -1.53. The lowest BCUT2D eigenvalue weighted by atomic mass is 9.95. The van der Waals surface area contributed by atoms with Crippen molar-refractivity contribution in [3.05, 3.63) is 51.9 Å². The molecule has 1 atom stereocenters. The molecule has 0 bridgehead atoms. The molecule has 1 fully saturated rings. The van der Waals surface area contributed by atoms with Gasteiger partial charge < -0.3 is 24.8 Å². The Morgan fingerprint density at radius 2 is 1.76 bits per heavy atom. The lowest BCUT2D eigenvalue weighted by Gasteiger charge is -2.38. The zero-order valence-electron chi connectivity index (χ0n) is 18.1. The Balaban J connectivity index is 1.78. The molecule has 1 saturated carbocycles. The van der Waals surface area contributed by atoms with Gasteiger partial charge in [-0.05, 0) is 37.1 Å². The van der Waals surface area contributed by atoms with Gasteiger partial charge in [0.15, 0.2) is 11.4 Å². The van der Waals surface area contributed by atoms with E-state index in [4.69, 9.17) is 4.74 Å². The average molecular weight is 455 g/mol. The smallest absolute Gasteiger partial charge is 0.341 e. The molecule has 1 aromatic heterocycles. The number of hydrogen-bond donors (Lipinski definition) is 3. The molecule has 0 spiro atoms. The first-order valence-corrected chi connectivity index (χ1v) is 10.8. The SMILES string of the molecule is COc1ccc(N2C(=O)c3c(O)c(=O)c(C(=O)O)cn3C[C@@H]2C(=O)NC2CCCCC2)cc1. The topological polar surface area (TPSA) is 138 Å². The van der Waals surface area contributed by atoms with E-state index in [0.717, 1.165) is 38.3 Å². The van der Waals surface area contributed by atoms with Gasteiger partial charge in [-0.15, -0.1) is 0 Å². The number of amides is 2. The minimum Gasteiger partial charge on any atom is -0.503 e. The second-order valence-electron chi connectivity index (χ2n) is 8.26. The number of fused-ring (bicyclic) bond motifs is 1. The van der Waals surface area contributed by atoms with Crippen molar-refractivity contribution >= 4 is 23.5 Å². The molecule has 2 aliphatic rings. The quantitative estimate of drug-likeness (QED) is 0.624. The number of nitrogens with one attached hydrogen (secondary N) is 1. The molecule has 2 heterocycles. The van der Waals surface area contributed by atoms with Gasteiger partial charge in [0.05, 0.1) is 13.7 Å². The Morgan fingerprint density at radius 1 is 1.09 bits per heavy atom. The summed E-state index contributed by atoms with van der Waals surface area (Å²) in [4.78, 5) is 51.8. The first-order valence-electron chi connectivity index (χ1n) is 10.8. The molecule has 0 saturated heterocycles. The molecule has 10 heteroatoms. The third-order valence-corrected chi connectivity index (χ3v) is 6.19. The second-order valence-corrected chi connectivity index (χ2v) is 8.26. The van der Waals surface area contributed by atoms with Gasteiger partial charge >= 0.3 is 5.97 Å². The van der Waals surface area contributed by atoms with Crippen LogP contribution in [0.4, 0.5) is 5.69 Å². The van der Waals surface area contributed by atoms with Crippen LogP contribution in [0.5, 0.6) is 11.5 Å². The van der Waals surface area contributed by atoms with Crippen molar-refractivity contribution in [2.24, 2.45) is 0 Å². The number of nitrogens with zero attached hydrogens (tertiary/aromatic N) is 2. The number of carbonyl (C=O) groups excluding carboxylic acids is 2. The van der Waals surface area contributed by atoms with Crippen LogP contribution in [0.15, 0.2) is 35.3 Å². The van der Waals surface area contributed by atoms with Crippen LogP contribution in [0.3, 0.4) is 0 Å². The van der Waals surface area contributed by atoms with Gasteiger partial charge in [0.2, 0.25) is 11.3 Å². The minimum absolute atomic E-state index is 0.00234. The summed E-state index contributed by atoms with van der Waals surface area (Å²) >= 11 is 0. The summed E-state index contributed by atoms with van der Waals surface area (Å²) in [5.41, 5.74) is -1.80. The highest BCUT2D eigenvalue weighted by Gasteiger charge is 2.41. The molecule has 3 N–H and O–H groups in total. The molecular formula is C23H25N3O7. The Labute approximate surface area is 189 Å². The number of pyridine rings is 1. The number of hydrogen-bond acceptors (Lipinski definition) is 6. The lowest BCUT2D eigenvalue weighted by molar-refractivity contribution is -0.123. The van der Waals surface area contributed by atoms with E-state index < -0.39 is 34.7 Å². The predicted molar refractivity (Wildman–Crippen MR) is 118 cm³/mol. The summed E-state index contributed by atoms with van der Waals surface area (Å²) in [7, 11) is 1.50. The molecule has 33 heavy (non-hydrogen) atoms. The fraction of sp³-hybridized carbons (Fsp3) is 0.391. The number of methoxy groups -OCH3 is 1. The number of aromatic carboxylic acids is 1. The van der Waals surface area contributed by atoms with Crippen molar-refractivity contribution in [2.45, 2.75) is 50.7 Å². The molecule has 4 rings (SSSR count). The molecule has 2 aromatic rings. The number of carboxylic acids is 1. The Bertz CT molecular complexity index is 1150. The fourth-order valence-corrected chi connectivity index (χ4v) is 4.48. The van der Waals surface area contributed by atoms with E-state index in [0.29, 0.717) is 11.4 Å². The van der Waals surface area contributed by atoms with Crippen molar-refractivity contribution in [2.75, 3.05) is 12.0 Å². The number of ether oxygens (including phenoxy) is 1. The maximum Gasteiger partial charge on any atom is 0.341 e. The van der Waals surface area contributed by atoms with Crippen LogP contribution in [-0.2, 0) is 11.3 Å². The summed E-state index contributed by atoms with van der Waals surface area (Å²) in [5.74, 6) is -3.09. The third kappa shape index (κ3) is 4.15. The van der Waals surface area contributed by atoms with Gasteiger partial charge in [-0.25, -0.2) is 4.79 Å². The second kappa shape index (κ2) is 8.97. The number of carbonyl (C=O) groups is 3. The van der Waals surface area contributed by atoms with Crippen LogP contribution in [-0.4, -0.2) is 51.8 Å². The van der Waals surface area contributed by atoms with Crippen molar-refractivity contribution in [1.82, 2.24) is 9.88 Å². The van der Waals surface area contributed by atoms with Gasteiger partial charge in [-0.3, -0.25) is 19.3 Å². The van der Waals surface area contributed by atoms with Crippen LogP contribution in [0.2, 0.25) is 0 Å². The van der Waals surface area contributed by atoms with E-state index in [9.17, 15) is 29.4 Å². The molecule has 10 nitrogen and oxygen atoms in total. The Hall–Kier alpha value is -3.82. The zero-order chi connectivity index (χ0) is 23.7. The highest BCUT2D eigenvalue weighted by molar-refractivity contribution is 6.11. The zero-order valence-corrected chi connectivity index (χ0v) is 18.1. The van der Waals surface area contributed by atoms with E-state index >= 15 is 0 Å². The van der Waals surface area contributed by atoms with Crippen molar-refractivity contribution < 1.29 is 29.3 Å². The van der Waals surface area contributed by atoms with E-state index in [2.05, 4.69) is 5.32 Å². The molecular weight excluding hydrogens is 430 g/mol. The first kappa shape index (κ1) is 22.4. The molecule has 174 valence electrons. The number of rotatable bonds is 5. The van der Waals surface area contributed by atoms with Gasteiger partial charge in [0.1, 0.15) is 17.4 Å². The van der Waals surface area contributed by atoms with Gasteiger partial charge in [-0.2, -0.15) is 0 Å². The molecule has 1 aliphatic carbocycles. The normalized spacial score (nSPS) is 18.5. The summed E-state index contributed by atoms with van der Waals surface area (Å²) < 4.78 is 6.34. The number of anilines is 1. The first-order chi connectivity index (χ1) is 15.8. The predicted octanol–water partition coefficient (Wildman–Crippen LogP) is 1.74. The number of benzene rings is 1. The highest BCUT2D eigenvalue weighted by Crippen LogP contribution is 2.30. The van der Waals surface area contributed by atoms with Crippen LogP contribution < -0.4 is 20.4 Å². The van der Waals surface area contributed by atoms with Crippen molar-refractivity contribution in [3.8, 4) is 11.5 Å². The molecule has 2 amide bonds. The highest BCUT2D eigenvalue weighted by atomic mass is 16.5. The standard InChI is InChI=1S/C23H25N3O7/c1-33-15-9-7-14(8-10-15)26-17(21(29)24-13-5-3-2-4-6-13)12-25-11-16(23(31)32)19(27)20(28)18(25)22(26)30/h7-11,13,17,28H,2-6,12H2,1H3,(H,24,29)(H,31,32)/t17-/m1/s1. The summed E-state index contributed by atoms with van der Waals surface area (Å²) in [5, 5.41) is 22.7. The van der Waals surface area contributed by atoms with Gasteiger partial charge in [-0.1, -0.05) is 19.3 Å². The summed E-state index contributed by atoms with van der Waals surface area (Å²) in [6.45, 7) is -0.125. The van der Waals surface area contributed by atoms with Crippen LogP contribution in [0, 0.1) is 0 Å². The molecule has 0 radical (unpaired) electrons. The Kier molecular flexibility index (Phi) is 6.08. The Morgan fingerprint density at radius 3 is 2.36 bits per heavy atom. The molecule has 0 unspecified atom stereocenters. The van der Waals surface area contributed by atoms with Crippen LogP contribution in [0.1, 0.15) is 53.0 Å². The van der Waals surface area contributed by atoms with E-state index in [1.165, 1.54) is 16.6 Å². The lowest BCUT2D eigenvalue weighted by Crippen LogP contribution is -2.57. The number of aromatic hydroxyl groups is 1. The molecule has 1 aromatic carbocycles. The summed E-state index contributed by atoms with van der Waals surface area (Å²) in [6, 6.07) is 5.46. The maximum atomic E-state index is 13.5. The van der Waals surface area contributed by atoms with Crippen molar-refractivity contribution in [1.29, 1.82) is 0 Å². The van der Waals surface area contributed by atoms with Gasteiger partial charge in [0, 0.05) is 17.9 Å². The maximum absolute atomic E-state index is 13.5. The summed E-state index contributed by atoms with van der Waals surface area (Å²) in [6.07, 6.45) is 5.84. The molecule has 1 aliphatic heterocycles. The van der Waals surface area contributed by atoms with E-state index in [-0.39, 0.29) is 24.2 Å². The number of carboxylic acid groups (broad SMARTS) is 1. The van der Waals surface area contributed by atoms with E-state index in [1.54, 1.807) is 24.3 Å². The monoisotopic (exact) mass is 455 g/mol. The third-order valence-electron chi connectivity index (χ3n) is 6.19. The average Bonchev–Trinajstić information content (AvgIpc) is 2.81. The van der Waals surface area contributed by atoms with Crippen LogP contribution in [0.25, 0.3) is 0 Å². The van der Waals surface area contributed by atoms with Gasteiger partial charge in [0.25, 0.3) is 5.91 Å².